The third-order valence-corrected chi connectivity index (χ3v) is 7.40. The number of nitrogens with zero attached hydrogens (tertiary/aromatic N) is 2. The molecule has 2 aromatic rings. The van der Waals surface area contributed by atoms with Crippen molar-refractivity contribution in [2.24, 2.45) is 16.6 Å². The van der Waals surface area contributed by atoms with Gasteiger partial charge in [-0.1, -0.05) is 29.4 Å². The molecule has 3 N–H and O–H groups in total. The van der Waals surface area contributed by atoms with E-state index in [1.165, 1.54) is 0 Å². The van der Waals surface area contributed by atoms with Gasteiger partial charge in [-0.15, -0.1) is 0 Å². The standard InChI is InChI=1S/C22H20ClN3O2S/c23-15-6-12(10-24)5-14(7-15)13-1-4-19-18(8-13)22(11-29-21(25)26-22)17-3-2-16(27)9-20(17)28-19/h1,4-8,16-17,20,27H,2-3,9,11H2,(H2,25,26)/t16-,17-,20-,22?/m0/s1. The first kappa shape index (κ1) is 18.8. The highest BCUT2D eigenvalue weighted by molar-refractivity contribution is 8.14. The average molecular weight is 426 g/mol. The van der Waals surface area contributed by atoms with Crippen LogP contribution < -0.4 is 10.5 Å². The maximum atomic E-state index is 10.2. The molecule has 0 aromatic heterocycles. The maximum absolute atomic E-state index is 10.2. The minimum absolute atomic E-state index is 0.0660. The SMILES string of the molecule is N#Cc1cc(Cl)cc(-c2ccc3c(c2)C2(CSC(N)=N2)[C@H]2CC[C@H](O)C[C@@H]2O3)c1. The quantitative estimate of drug-likeness (QED) is 0.718. The summed E-state index contributed by atoms with van der Waals surface area (Å²) in [5, 5.41) is 20.6. The lowest BCUT2D eigenvalue weighted by Gasteiger charge is -2.48. The first-order chi connectivity index (χ1) is 14.0. The number of aliphatic hydroxyl groups excluding tert-OH is 1. The number of hydrogen-bond donors (Lipinski definition) is 2. The van der Waals surface area contributed by atoms with Crippen LogP contribution in [0.4, 0.5) is 0 Å². The van der Waals surface area contributed by atoms with E-state index in [2.05, 4.69) is 12.1 Å². The lowest BCUT2D eigenvalue weighted by molar-refractivity contribution is -0.0246. The Morgan fingerprint density at radius 3 is 2.86 bits per heavy atom. The Morgan fingerprint density at radius 2 is 2.10 bits per heavy atom. The van der Waals surface area contributed by atoms with Crippen molar-refractivity contribution < 1.29 is 9.84 Å². The van der Waals surface area contributed by atoms with Gasteiger partial charge in [0.05, 0.1) is 17.7 Å². The summed E-state index contributed by atoms with van der Waals surface area (Å²) in [6, 6.07) is 13.6. The molecule has 3 aliphatic rings. The van der Waals surface area contributed by atoms with Crippen LogP contribution in [0, 0.1) is 17.2 Å². The smallest absolute Gasteiger partial charge is 0.154 e. The van der Waals surface area contributed by atoms with Gasteiger partial charge in [0.15, 0.2) is 5.17 Å². The number of amidine groups is 1. The fourth-order valence-corrected chi connectivity index (χ4v) is 6.16. The van der Waals surface area contributed by atoms with Gasteiger partial charge in [0.2, 0.25) is 0 Å². The first-order valence-corrected chi connectivity index (χ1v) is 11.0. The third kappa shape index (κ3) is 3.09. The zero-order chi connectivity index (χ0) is 20.2. The second kappa shape index (κ2) is 6.94. The zero-order valence-corrected chi connectivity index (χ0v) is 17.2. The maximum Gasteiger partial charge on any atom is 0.154 e. The molecule has 2 heterocycles. The summed E-state index contributed by atoms with van der Waals surface area (Å²) in [6.45, 7) is 0. The highest BCUT2D eigenvalue weighted by Crippen LogP contribution is 2.54. The number of halogens is 1. The van der Waals surface area contributed by atoms with Crippen LogP contribution in [0.5, 0.6) is 5.75 Å². The molecule has 1 unspecified atom stereocenters. The first-order valence-electron chi connectivity index (χ1n) is 9.67. The lowest BCUT2D eigenvalue weighted by atomic mass is 9.68. The van der Waals surface area contributed by atoms with Crippen LogP contribution in [-0.4, -0.2) is 28.2 Å². The van der Waals surface area contributed by atoms with Crippen LogP contribution in [0.15, 0.2) is 41.4 Å². The van der Waals surface area contributed by atoms with Crippen molar-refractivity contribution in [3.8, 4) is 22.9 Å². The van der Waals surface area contributed by atoms with Gasteiger partial charge in [0, 0.05) is 28.7 Å². The van der Waals surface area contributed by atoms with Crippen molar-refractivity contribution in [1.29, 1.82) is 5.26 Å². The molecular weight excluding hydrogens is 406 g/mol. The summed E-state index contributed by atoms with van der Waals surface area (Å²) in [7, 11) is 0. The lowest BCUT2D eigenvalue weighted by Crippen LogP contribution is -2.51. The van der Waals surface area contributed by atoms with Gasteiger partial charge in [-0.05, 0) is 54.3 Å². The number of aliphatic imine (C=N–C) groups is 1. The fraction of sp³-hybridized carbons (Fsp3) is 0.364. The molecule has 5 nitrogen and oxygen atoms in total. The van der Waals surface area contributed by atoms with Gasteiger partial charge < -0.3 is 15.6 Å². The van der Waals surface area contributed by atoms with Crippen molar-refractivity contribution in [1.82, 2.24) is 0 Å². The van der Waals surface area contributed by atoms with Crippen molar-refractivity contribution in [2.75, 3.05) is 5.75 Å². The van der Waals surface area contributed by atoms with Crippen molar-refractivity contribution >= 4 is 28.5 Å². The predicted octanol–water partition coefficient (Wildman–Crippen LogP) is 4.06. The van der Waals surface area contributed by atoms with Crippen molar-refractivity contribution in [3.63, 3.8) is 0 Å². The van der Waals surface area contributed by atoms with Gasteiger partial charge in [-0.2, -0.15) is 5.26 Å². The summed E-state index contributed by atoms with van der Waals surface area (Å²) < 4.78 is 6.33. The van der Waals surface area contributed by atoms with Crippen LogP contribution >= 0.6 is 23.4 Å². The monoisotopic (exact) mass is 425 g/mol. The number of aliphatic hydroxyl groups is 1. The number of rotatable bonds is 1. The zero-order valence-electron chi connectivity index (χ0n) is 15.6. The average Bonchev–Trinajstić information content (AvgIpc) is 3.09. The largest absolute Gasteiger partial charge is 0.490 e. The van der Waals surface area contributed by atoms with Gasteiger partial charge >= 0.3 is 0 Å². The van der Waals surface area contributed by atoms with Crippen LogP contribution in [0.3, 0.4) is 0 Å². The minimum atomic E-state index is -0.445. The number of ether oxygens (including phenoxy) is 1. The van der Waals surface area contributed by atoms with E-state index >= 15 is 0 Å². The number of hydrogen-bond acceptors (Lipinski definition) is 6. The highest BCUT2D eigenvalue weighted by Gasteiger charge is 2.54. The molecule has 5 rings (SSSR count). The van der Waals surface area contributed by atoms with Gasteiger partial charge in [-0.25, -0.2) is 4.99 Å². The molecule has 29 heavy (non-hydrogen) atoms. The highest BCUT2D eigenvalue weighted by atomic mass is 35.5. The van der Waals surface area contributed by atoms with E-state index in [9.17, 15) is 10.4 Å². The van der Waals surface area contributed by atoms with Crippen molar-refractivity contribution in [2.45, 2.75) is 37.0 Å². The van der Waals surface area contributed by atoms with Crippen LogP contribution in [0.2, 0.25) is 5.02 Å². The summed E-state index contributed by atoms with van der Waals surface area (Å²) in [5.74, 6) is 1.75. The Kier molecular flexibility index (Phi) is 4.50. The van der Waals surface area contributed by atoms with Gasteiger partial charge in [-0.3, -0.25) is 0 Å². The Balaban J connectivity index is 1.66. The number of nitriles is 1. The summed E-state index contributed by atoms with van der Waals surface area (Å²) in [6.07, 6.45) is 1.82. The van der Waals surface area contributed by atoms with E-state index < -0.39 is 5.54 Å². The molecule has 4 atom stereocenters. The van der Waals surface area contributed by atoms with Crippen LogP contribution in [-0.2, 0) is 5.54 Å². The van der Waals surface area contributed by atoms with Gasteiger partial charge in [0.25, 0.3) is 0 Å². The van der Waals surface area contributed by atoms with E-state index in [-0.39, 0.29) is 18.1 Å². The molecule has 2 aliphatic heterocycles. The van der Waals surface area contributed by atoms with Gasteiger partial charge in [0.1, 0.15) is 17.4 Å². The number of fused-ring (bicyclic) bond motifs is 4. The molecule has 148 valence electrons. The predicted molar refractivity (Wildman–Crippen MR) is 115 cm³/mol. The molecule has 0 radical (unpaired) electrons. The summed E-state index contributed by atoms with van der Waals surface area (Å²) in [5.41, 5.74) is 9.08. The van der Waals surface area contributed by atoms with E-state index in [1.54, 1.807) is 17.8 Å². The molecule has 2 aromatic carbocycles. The third-order valence-electron chi connectivity index (χ3n) is 6.21. The number of thioether (sulfide) groups is 1. The van der Waals surface area contributed by atoms with Crippen molar-refractivity contribution in [3.05, 3.63) is 52.5 Å². The molecule has 0 saturated heterocycles. The molecule has 0 amide bonds. The number of benzene rings is 2. The Labute approximate surface area is 178 Å². The van der Waals surface area contributed by atoms with E-state index in [0.717, 1.165) is 41.0 Å². The Hall–Kier alpha value is -2.20. The molecule has 7 heteroatoms. The molecular formula is C22H20ClN3O2S. The van der Waals surface area contributed by atoms with E-state index in [0.29, 0.717) is 22.2 Å². The molecule has 1 aliphatic carbocycles. The normalized spacial score (nSPS) is 30.1. The fourth-order valence-electron chi connectivity index (χ4n) is 4.89. The molecule has 0 bridgehead atoms. The second-order valence-corrected chi connectivity index (χ2v) is 9.38. The van der Waals surface area contributed by atoms with E-state index in [1.807, 2.05) is 24.3 Å². The summed E-state index contributed by atoms with van der Waals surface area (Å²) in [4.78, 5) is 4.93. The molecule has 1 saturated carbocycles. The molecule has 1 fully saturated rings. The minimum Gasteiger partial charge on any atom is -0.490 e. The van der Waals surface area contributed by atoms with E-state index in [4.69, 9.17) is 27.1 Å². The Morgan fingerprint density at radius 1 is 1.24 bits per heavy atom. The molecule has 1 spiro atoms. The Bertz CT molecular complexity index is 1070. The summed E-state index contributed by atoms with van der Waals surface area (Å²) >= 11 is 7.80. The number of nitrogens with two attached hydrogens (primary N) is 1. The van der Waals surface area contributed by atoms with Crippen LogP contribution in [0.1, 0.15) is 30.4 Å². The second-order valence-electron chi connectivity index (χ2n) is 7.94. The topological polar surface area (TPSA) is 91.6 Å². The van der Waals surface area contributed by atoms with Crippen LogP contribution in [0.25, 0.3) is 11.1 Å².